The van der Waals surface area contributed by atoms with Crippen LogP contribution in [0, 0.1) is 6.92 Å². The van der Waals surface area contributed by atoms with Crippen molar-refractivity contribution in [2.45, 2.75) is 20.0 Å². The van der Waals surface area contributed by atoms with E-state index in [1.807, 2.05) is 56.3 Å². The number of nitrogens with one attached hydrogen (secondary N) is 1. The molecule has 1 unspecified atom stereocenters. The van der Waals surface area contributed by atoms with Gasteiger partial charge in [-0.05, 0) is 49.7 Å². The van der Waals surface area contributed by atoms with Crippen molar-refractivity contribution in [1.82, 2.24) is 9.97 Å². The zero-order valence-electron chi connectivity index (χ0n) is 11.4. The van der Waals surface area contributed by atoms with Crippen LogP contribution in [0.25, 0.3) is 11.0 Å². The van der Waals surface area contributed by atoms with Crippen LogP contribution < -0.4 is 4.74 Å². The number of benzene rings is 2. The Balaban J connectivity index is 1.86. The van der Waals surface area contributed by atoms with Gasteiger partial charge < -0.3 is 9.72 Å². The fourth-order valence-electron chi connectivity index (χ4n) is 2.14. The Morgan fingerprint density at radius 1 is 1.20 bits per heavy atom. The minimum absolute atomic E-state index is 0.150. The Morgan fingerprint density at radius 2 is 2.05 bits per heavy atom. The summed E-state index contributed by atoms with van der Waals surface area (Å²) in [6.45, 7) is 4.02. The molecule has 2 aromatic carbocycles. The smallest absolute Gasteiger partial charge is 0.153 e. The molecule has 0 spiro atoms. The first-order chi connectivity index (χ1) is 9.61. The molecule has 1 N–H and O–H groups in total. The van der Waals surface area contributed by atoms with Crippen LogP contribution in [0.4, 0.5) is 0 Å². The normalized spacial score (nSPS) is 12.6. The fourth-order valence-corrected chi connectivity index (χ4v) is 2.31. The molecule has 1 aromatic heterocycles. The van der Waals surface area contributed by atoms with Gasteiger partial charge in [0.15, 0.2) is 6.10 Å². The predicted octanol–water partition coefficient (Wildman–Crippen LogP) is 4.66. The number of rotatable bonds is 3. The maximum Gasteiger partial charge on any atom is 0.153 e. The van der Waals surface area contributed by atoms with E-state index in [2.05, 4.69) is 9.97 Å². The van der Waals surface area contributed by atoms with Crippen molar-refractivity contribution in [3.8, 4) is 5.75 Å². The molecule has 0 amide bonds. The minimum atomic E-state index is -0.150. The van der Waals surface area contributed by atoms with E-state index in [1.54, 1.807) is 0 Å². The Bertz CT molecular complexity index is 751. The maximum atomic E-state index is 5.98. The number of hydrogen-bond donors (Lipinski definition) is 1. The van der Waals surface area contributed by atoms with Gasteiger partial charge >= 0.3 is 0 Å². The summed E-state index contributed by atoms with van der Waals surface area (Å²) in [5.41, 5.74) is 2.99. The van der Waals surface area contributed by atoms with Crippen molar-refractivity contribution in [2.75, 3.05) is 0 Å². The second-order valence-electron chi connectivity index (χ2n) is 4.86. The van der Waals surface area contributed by atoms with E-state index in [9.17, 15) is 0 Å². The molecule has 1 atom stereocenters. The number of fused-ring (bicyclic) bond motifs is 1. The third-order valence-corrected chi connectivity index (χ3v) is 3.38. The van der Waals surface area contributed by atoms with Gasteiger partial charge in [0.25, 0.3) is 0 Å². The van der Waals surface area contributed by atoms with E-state index in [0.717, 1.165) is 22.6 Å². The van der Waals surface area contributed by atoms with Crippen molar-refractivity contribution in [3.05, 3.63) is 58.9 Å². The molecule has 3 aromatic rings. The van der Waals surface area contributed by atoms with Gasteiger partial charge in [0.2, 0.25) is 0 Å². The van der Waals surface area contributed by atoms with E-state index >= 15 is 0 Å². The molecule has 4 heteroatoms. The summed E-state index contributed by atoms with van der Waals surface area (Å²) in [4.78, 5) is 7.78. The first-order valence-corrected chi connectivity index (χ1v) is 6.88. The highest BCUT2D eigenvalue weighted by molar-refractivity contribution is 6.31. The van der Waals surface area contributed by atoms with Gasteiger partial charge in [-0.1, -0.05) is 23.7 Å². The summed E-state index contributed by atoms with van der Waals surface area (Å²) in [6, 6.07) is 13.6. The van der Waals surface area contributed by atoms with Crippen molar-refractivity contribution < 1.29 is 4.74 Å². The monoisotopic (exact) mass is 286 g/mol. The molecule has 1 heterocycles. The number of aryl methyl sites for hydroxylation is 1. The van der Waals surface area contributed by atoms with Crippen LogP contribution >= 0.6 is 11.6 Å². The van der Waals surface area contributed by atoms with Crippen molar-refractivity contribution >= 4 is 22.6 Å². The van der Waals surface area contributed by atoms with Gasteiger partial charge in [-0.2, -0.15) is 0 Å². The highest BCUT2D eigenvalue weighted by Gasteiger charge is 2.12. The average molecular weight is 287 g/mol. The number of aromatic amines is 1. The Hall–Kier alpha value is -2.00. The lowest BCUT2D eigenvalue weighted by molar-refractivity contribution is 0.218. The fraction of sp³-hybridized carbons (Fsp3) is 0.188. The standard InChI is InChI=1S/C16H15ClN2O/c1-10-4-3-5-13(8-10)20-11(2)16-18-14-7-6-12(17)9-15(14)19-16/h3-9,11H,1-2H3,(H,18,19). The van der Waals surface area contributed by atoms with Crippen LogP contribution in [0.5, 0.6) is 5.75 Å². The molecule has 0 saturated carbocycles. The zero-order valence-corrected chi connectivity index (χ0v) is 12.1. The molecule has 0 saturated heterocycles. The van der Waals surface area contributed by atoms with Crippen molar-refractivity contribution in [3.63, 3.8) is 0 Å². The number of hydrogen-bond acceptors (Lipinski definition) is 2. The van der Waals surface area contributed by atoms with E-state index in [4.69, 9.17) is 16.3 Å². The number of aromatic nitrogens is 2. The molecule has 102 valence electrons. The van der Waals surface area contributed by atoms with Gasteiger partial charge in [-0.25, -0.2) is 4.98 Å². The van der Waals surface area contributed by atoms with Gasteiger partial charge in [0.05, 0.1) is 11.0 Å². The highest BCUT2D eigenvalue weighted by Crippen LogP contribution is 2.24. The largest absolute Gasteiger partial charge is 0.483 e. The zero-order chi connectivity index (χ0) is 14.1. The number of nitrogens with zero attached hydrogens (tertiary/aromatic N) is 1. The Morgan fingerprint density at radius 3 is 2.85 bits per heavy atom. The quantitative estimate of drug-likeness (QED) is 0.760. The highest BCUT2D eigenvalue weighted by atomic mass is 35.5. The summed E-state index contributed by atoms with van der Waals surface area (Å²) < 4.78 is 5.91. The third-order valence-electron chi connectivity index (χ3n) is 3.15. The molecule has 0 bridgehead atoms. The SMILES string of the molecule is Cc1cccc(OC(C)c2nc3ccc(Cl)cc3[nH]2)c1. The lowest BCUT2D eigenvalue weighted by Gasteiger charge is -2.12. The summed E-state index contributed by atoms with van der Waals surface area (Å²) >= 11 is 5.98. The molecule has 0 aliphatic carbocycles. The van der Waals surface area contributed by atoms with E-state index < -0.39 is 0 Å². The average Bonchev–Trinajstić information content (AvgIpc) is 2.81. The molecule has 3 rings (SSSR count). The number of H-pyrrole nitrogens is 1. The number of ether oxygens (including phenoxy) is 1. The van der Waals surface area contributed by atoms with Crippen LogP contribution in [0.1, 0.15) is 24.4 Å². The van der Waals surface area contributed by atoms with Gasteiger partial charge in [0, 0.05) is 5.02 Å². The van der Waals surface area contributed by atoms with Crippen LogP contribution in [0.15, 0.2) is 42.5 Å². The molecular formula is C16H15ClN2O. The van der Waals surface area contributed by atoms with Crippen LogP contribution in [-0.2, 0) is 0 Å². The van der Waals surface area contributed by atoms with Crippen LogP contribution in [0.2, 0.25) is 5.02 Å². The Kier molecular flexibility index (Phi) is 3.36. The topological polar surface area (TPSA) is 37.9 Å². The van der Waals surface area contributed by atoms with E-state index in [1.165, 1.54) is 5.56 Å². The number of imidazole rings is 1. The lowest BCUT2D eigenvalue weighted by Crippen LogP contribution is -2.05. The minimum Gasteiger partial charge on any atom is -0.483 e. The summed E-state index contributed by atoms with van der Waals surface area (Å²) in [7, 11) is 0. The van der Waals surface area contributed by atoms with Crippen molar-refractivity contribution in [1.29, 1.82) is 0 Å². The van der Waals surface area contributed by atoms with E-state index in [-0.39, 0.29) is 6.10 Å². The maximum absolute atomic E-state index is 5.98. The third kappa shape index (κ3) is 2.63. The van der Waals surface area contributed by atoms with Crippen LogP contribution in [-0.4, -0.2) is 9.97 Å². The van der Waals surface area contributed by atoms with Crippen molar-refractivity contribution in [2.24, 2.45) is 0 Å². The second kappa shape index (κ2) is 5.17. The van der Waals surface area contributed by atoms with Crippen LogP contribution in [0.3, 0.4) is 0 Å². The molecule has 0 radical (unpaired) electrons. The first kappa shape index (κ1) is 13.0. The summed E-state index contributed by atoms with van der Waals surface area (Å²) in [5.74, 6) is 1.64. The summed E-state index contributed by atoms with van der Waals surface area (Å²) in [5, 5.41) is 0.694. The van der Waals surface area contributed by atoms with Gasteiger partial charge in [0.1, 0.15) is 11.6 Å². The van der Waals surface area contributed by atoms with Gasteiger partial charge in [-0.15, -0.1) is 0 Å². The Labute approximate surface area is 122 Å². The lowest BCUT2D eigenvalue weighted by atomic mass is 10.2. The summed E-state index contributed by atoms with van der Waals surface area (Å²) in [6.07, 6.45) is -0.150. The predicted molar refractivity (Wildman–Crippen MR) is 81.3 cm³/mol. The second-order valence-corrected chi connectivity index (χ2v) is 5.30. The van der Waals surface area contributed by atoms with Gasteiger partial charge in [-0.3, -0.25) is 0 Å². The molecular weight excluding hydrogens is 272 g/mol. The molecule has 0 aliphatic rings. The van der Waals surface area contributed by atoms with E-state index in [0.29, 0.717) is 5.02 Å². The molecule has 0 aliphatic heterocycles. The molecule has 0 fully saturated rings. The molecule has 3 nitrogen and oxygen atoms in total. The molecule has 20 heavy (non-hydrogen) atoms. The number of halogens is 1. The first-order valence-electron chi connectivity index (χ1n) is 6.50.